The highest BCUT2D eigenvalue weighted by molar-refractivity contribution is 5.93. The van der Waals surface area contributed by atoms with E-state index in [1.807, 2.05) is 12.1 Å². The van der Waals surface area contributed by atoms with Crippen LogP contribution in [0.25, 0.3) is 11.0 Å². The standard InChI is InChI=1S/C32H37N5O3/c38-32(34-39)28-6-4-24(5-7-28)23-37-13-10-29-19-30(20-33-31(29)37)27-8-11-35(12-9-27)21-25-2-1-3-26(18-25)22-36-14-16-40-17-15-36/h1-7,10,13,18-20,27,39H,8-9,11-12,14-17,21-23H2,(H,34,38). The van der Waals surface area contributed by atoms with Crippen LogP contribution < -0.4 is 5.48 Å². The van der Waals surface area contributed by atoms with Crippen molar-refractivity contribution in [2.24, 2.45) is 0 Å². The third kappa shape index (κ3) is 6.26. The molecule has 2 aromatic heterocycles. The molecule has 2 saturated heterocycles. The maximum atomic E-state index is 11.6. The van der Waals surface area contributed by atoms with Gasteiger partial charge < -0.3 is 9.30 Å². The molecule has 4 aromatic rings. The molecule has 4 heterocycles. The molecule has 2 aliphatic rings. The van der Waals surface area contributed by atoms with E-state index in [-0.39, 0.29) is 0 Å². The Bertz CT molecular complexity index is 1440. The zero-order valence-electron chi connectivity index (χ0n) is 22.8. The number of amides is 1. The van der Waals surface area contributed by atoms with Crippen LogP contribution in [0, 0.1) is 0 Å². The normalized spacial score (nSPS) is 17.3. The lowest BCUT2D eigenvalue weighted by Gasteiger charge is -2.32. The number of hydrogen-bond donors (Lipinski definition) is 2. The number of carbonyl (C=O) groups is 1. The molecule has 40 heavy (non-hydrogen) atoms. The van der Waals surface area contributed by atoms with Crippen molar-refractivity contribution in [2.45, 2.75) is 38.4 Å². The predicted octanol–water partition coefficient (Wildman–Crippen LogP) is 4.42. The van der Waals surface area contributed by atoms with Gasteiger partial charge in [-0.1, -0.05) is 36.4 Å². The molecule has 0 bridgehead atoms. The van der Waals surface area contributed by atoms with Crippen LogP contribution in [0.2, 0.25) is 0 Å². The summed E-state index contributed by atoms with van der Waals surface area (Å²) in [4.78, 5) is 21.5. The molecule has 0 aliphatic carbocycles. The third-order valence-corrected chi connectivity index (χ3v) is 8.26. The second-order valence-electron chi connectivity index (χ2n) is 11.0. The van der Waals surface area contributed by atoms with Gasteiger partial charge in [-0.2, -0.15) is 0 Å². The van der Waals surface area contributed by atoms with Crippen LogP contribution in [0.15, 0.2) is 73.1 Å². The summed E-state index contributed by atoms with van der Waals surface area (Å²) in [6.45, 7) is 8.60. The number of likely N-dealkylation sites (tertiary alicyclic amines) is 1. The average Bonchev–Trinajstić information content (AvgIpc) is 3.40. The van der Waals surface area contributed by atoms with Gasteiger partial charge in [0, 0.05) is 56.1 Å². The molecule has 2 fully saturated rings. The second kappa shape index (κ2) is 12.3. The van der Waals surface area contributed by atoms with E-state index in [0.717, 1.165) is 81.9 Å². The van der Waals surface area contributed by atoms with Crippen molar-refractivity contribution in [3.05, 3.63) is 101 Å². The lowest BCUT2D eigenvalue weighted by molar-refractivity contribution is 0.0342. The number of aromatic nitrogens is 2. The summed E-state index contributed by atoms with van der Waals surface area (Å²) in [7, 11) is 0. The van der Waals surface area contributed by atoms with Crippen LogP contribution in [-0.2, 0) is 24.4 Å². The van der Waals surface area contributed by atoms with Gasteiger partial charge in [0.25, 0.3) is 5.91 Å². The van der Waals surface area contributed by atoms with Crippen molar-refractivity contribution >= 4 is 16.9 Å². The Hall–Kier alpha value is -3.56. The Labute approximate surface area is 235 Å². The minimum atomic E-state index is -0.508. The first-order valence-electron chi connectivity index (χ1n) is 14.2. The molecule has 208 valence electrons. The van der Waals surface area contributed by atoms with Gasteiger partial charge in [-0.3, -0.25) is 19.8 Å². The van der Waals surface area contributed by atoms with E-state index in [9.17, 15) is 4.79 Å². The first-order chi connectivity index (χ1) is 19.6. The average molecular weight is 540 g/mol. The number of hydrogen-bond acceptors (Lipinski definition) is 6. The van der Waals surface area contributed by atoms with Gasteiger partial charge in [0.1, 0.15) is 5.65 Å². The highest BCUT2D eigenvalue weighted by atomic mass is 16.5. The van der Waals surface area contributed by atoms with Crippen LogP contribution in [0.4, 0.5) is 0 Å². The number of hydroxylamine groups is 1. The number of nitrogens with one attached hydrogen (secondary N) is 1. The molecule has 6 rings (SSSR count). The van der Waals surface area contributed by atoms with Crippen LogP contribution >= 0.6 is 0 Å². The fourth-order valence-corrected chi connectivity index (χ4v) is 6.00. The molecule has 1 amide bonds. The first-order valence-corrected chi connectivity index (χ1v) is 14.2. The van der Waals surface area contributed by atoms with Gasteiger partial charge in [-0.25, -0.2) is 10.5 Å². The summed E-state index contributed by atoms with van der Waals surface area (Å²) in [6, 6.07) is 20.8. The molecular weight excluding hydrogens is 502 g/mol. The third-order valence-electron chi connectivity index (χ3n) is 8.26. The van der Waals surface area contributed by atoms with Crippen molar-refractivity contribution in [3.8, 4) is 0 Å². The Morgan fingerprint density at radius 3 is 2.27 bits per heavy atom. The molecule has 0 unspecified atom stereocenters. The topological polar surface area (TPSA) is 82.9 Å². The van der Waals surface area contributed by atoms with Crippen molar-refractivity contribution < 1.29 is 14.7 Å². The minimum absolute atomic E-state index is 0.426. The highest BCUT2D eigenvalue weighted by Gasteiger charge is 2.22. The van der Waals surface area contributed by atoms with Crippen molar-refractivity contribution in [1.82, 2.24) is 24.8 Å². The number of pyridine rings is 1. The predicted molar refractivity (Wildman–Crippen MR) is 154 cm³/mol. The first kappa shape index (κ1) is 26.7. The van der Waals surface area contributed by atoms with Crippen LogP contribution in [0.1, 0.15) is 51.4 Å². The van der Waals surface area contributed by atoms with Gasteiger partial charge >= 0.3 is 0 Å². The second-order valence-corrected chi connectivity index (χ2v) is 11.0. The van der Waals surface area contributed by atoms with Crippen LogP contribution in [-0.4, -0.2) is 69.9 Å². The summed E-state index contributed by atoms with van der Waals surface area (Å²) in [6.07, 6.45) is 6.43. The smallest absolute Gasteiger partial charge is 0.274 e. The lowest BCUT2D eigenvalue weighted by atomic mass is 9.90. The minimum Gasteiger partial charge on any atom is -0.379 e. The van der Waals surface area contributed by atoms with Crippen LogP contribution in [0.3, 0.4) is 0 Å². The Balaban J connectivity index is 1.04. The number of fused-ring (bicyclic) bond motifs is 1. The summed E-state index contributed by atoms with van der Waals surface area (Å²) >= 11 is 0. The van der Waals surface area contributed by atoms with Gasteiger partial charge in [0.05, 0.1) is 13.2 Å². The molecule has 0 saturated carbocycles. The largest absolute Gasteiger partial charge is 0.379 e. The number of nitrogens with zero attached hydrogens (tertiary/aromatic N) is 4. The molecular formula is C32H37N5O3. The van der Waals surface area contributed by atoms with E-state index in [0.29, 0.717) is 18.0 Å². The van der Waals surface area contributed by atoms with Gasteiger partial charge in [0.2, 0.25) is 0 Å². The van der Waals surface area contributed by atoms with E-state index in [4.69, 9.17) is 14.9 Å². The number of carbonyl (C=O) groups excluding carboxylic acids is 1. The summed E-state index contributed by atoms with van der Waals surface area (Å²) in [5.41, 5.74) is 8.26. The van der Waals surface area contributed by atoms with Gasteiger partial charge in [-0.05, 0) is 78.4 Å². The van der Waals surface area contributed by atoms with Gasteiger partial charge in [-0.15, -0.1) is 0 Å². The summed E-state index contributed by atoms with van der Waals surface area (Å²) in [5, 5.41) is 9.97. The SMILES string of the molecule is O=C(NO)c1ccc(Cn2ccc3cc(C4CCN(Cc5cccc(CN6CCOCC6)c5)CC4)cnc32)cc1. The van der Waals surface area contributed by atoms with E-state index < -0.39 is 5.91 Å². The number of piperidine rings is 1. The zero-order chi connectivity index (χ0) is 27.3. The molecule has 0 radical (unpaired) electrons. The molecule has 2 aliphatic heterocycles. The molecule has 8 nitrogen and oxygen atoms in total. The Morgan fingerprint density at radius 1 is 0.875 bits per heavy atom. The van der Waals surface area contributed by atoms with Gasteiger partial charge in [0.15, 0.2) is 0 Å². The molecule has 8 heteroatoms. The lowest BCUT2D eigenvalue weighted by Crippen LogP contribution is -2.35. The summed E-state index contributed by atoms with van der Waals surface area (Å²) < 4.78 is 7.62. The summed E-state index contributed by atoms with van der Waals surface area (Å²) in [5.74, 6) is 0.0287. The van der Waals surface area contributed by atoms with Crippen LogP contribution in [0.5, 0.6) is 0 Å². The monoisotopic (exact) mass is 539 g/mol. The number of rotatable bonds is 8. The number of morpholine rings is 1. The van der Waals surface area contributed by atoms with Crippen molar-refractivity contribution in [2.75, 3.05) is 39.4 Å². The van der Waals surface area contributed by atoms with Crippen molar-refractivity contribution in [1.29, 1.82) is 0 Å². The number of ether oxygens (including phenoxy) is 1. The number of benzene rings is 2. The zero-order valence-corrected chi connectivity index (χ0v) is 22.8. The Morgan fingerprint density at radius 2 is 1.57 bits per heavy atom. The van der Waals surface area contributed by atoms with E-state index in [1.165, 1.54) is 16.7 Å². The van der Waals surface area contributed by atoms with E-state index >= 15 is 0 Å². The maximum absolute atomic E-state index is 11.6. The highest BCUT2D eigenvalue weighted by Crippen LogP contribution is 2.30. The fourth-order valence-electron chi connectivity index (χ4n) is 6.00. The fraction of sp³-hybridized carbons (Fsp3) is 0.375. The Kier molecular flexibility index (Phi) is 8.20. The van der Waals surface area contributed by atoms with E-state index in [2.05, 4.69) is 63.2 Å². The van der Waals surface area contributed by atoms with E-state index in [1.54, 1.807) is 17.6 Å². The maximum Gasteiger partial charge on any atom is 0.274 e. The quantitative estimate of drug-likeness (QED) is 0.255. The molecule has 2 aromatic carbocycles. The molecule has 2 N–H and O–H groups in total. The molecule has 0 spiro atoms. The van der Waals surface area contributed by atoms with Crippen molar-refractivity contribution in [3.63, 3.8) is 0 Å². The molecule has 0 atom stereocenters.